The first-order chi connectivity index (χ1) is 14.9. The smallest absolute Gasteiger partial charge is 0.268 e. The van der Waals surface area contributed by atoms with Crippen molar-refractivity contribution in [3.8, 4) is 5.75 Å². The van der Waals surface area contributed by atoms with Gasteiger partial charge in [0.1, 0.15) is 12.3 Å². The maximum atomic E-state index is 12.8. The molecule has 31 heavy (non-hydrogen) atoms. The van der Waals surface area contributed by atoms with E-state index in [-0.39, 0.29) is 24.1 Å². The predicted octanol–water partition coefficient (Wildman–Crippen LogP) is 4.76. The van der Waals surface area contributed by atoms with Crippen LogP contribution in [0, 0.1) is 0 Å². The Morgan fingerprint density at radius 1 is 1.06 bits per heavy atom. The second-order valence-electron chi connectivity index (χ2n) is 7.89. The van der Waals surface area contributed by atoms with E-state index in [2.05, 4.69) is 12.2 Å². The van der Waals surface area contributed by atoms with Crippen LogP contribution in [0.3, 0.4) is 0 Å². The molecule has 1 aliphatic rings. The van der Waals surface area contributed by atoms with Gasteiger partial charge in [-0.25, -0.2) is 0 Å². The largest absolute Gasteiger partial charge is 0.479 e. The first-order valence-corrected chi connectivity index (χ1v) is 11.0. The van der Waals surface area contributed by atoms with Crippen LogP contribution in [0.15, 0.2) is 42.5 Å². The molecule has 2 amide bonds. The zero-order chi connectivity index (χ0) is 22.4. The fourth-order valence-corrected chi connectivity index (χ4v) is 3.59. The molecule has 0 radical (unpaired) electrons. The van der Waals surface area contributed by atoms with Crippen LogP contribution in [-0.2, 0) is 16.0 Å². The van der Waals surface area contributed by atoms with Crippen molar-refractivity contribution in [3.05, 3.63) is 53.6 Å². The number of nitrogens with one attached hydrogen (secondary N) is 1. The highest BCUT2D eigenvalue weighted by molar-refractivity contribution is 6.07. The van der Waals surface area contributed by atoms with E-state index in [1.807, 2.05) is 31.2 Å². The quantitative estimate of drug-likeness (QED) is 0.591. The molecule has 3 rings (SSSR count). The molecule has 2 aromatic carbocycles. The molecule has 0 spiro atoms. The third kappa shape index (κ3) is 5.51. The van der Waals surface area contributed by atoms with Gasteiger partial charge in [0.2, 0.25) is 5.91 Å². The van der Waals surface area contributed by atoms with E-state index in [4.69, 9.17) is 4.74 Å². The van der Waals surface area contributed by atoms with Gasteiger partial charge in [0.15, 0.2) is 11.9 Å². The number of hydrogen-bond acceptors (Lipinski definition) is 4. The molecule has 164 valence electrons. The molecule has 6 nitrogen and oxygen atoms in total. The highest BCUT2D eigenvalue weighted by Gasteiger charge is 2.33. The van der Waals surface area contributed by atoms with Crippen molar-refractivity contribution in [2.45, 2.75) is 59.0 Å². The number of anilines is 2. The summed E-state index contributed by atoms with van der Waals surface area (Å²) in [6, 6.07) is 12.8. The minimum atomic E-state index is -0.699. The highest BCUT2D eigenvalue weighted by Crippen LogP contribution is 2.35. The van der Waals surface area contributed by atoms with Gasteiger partial charge in [-0.1, -0.05) is 32.4 Å². The minimum Gasteiger partial charge on any atom is -0.479 e. The first kappa shape index (κ1) is 22.5. The Morgan fingerprint density at radius 2 is 1.81 bits per heavy atom. The van der Waals surface area contributed by atoms with Gasteiger partial charge < -0.3 is 10.1 Å². The number of aryl methyl sites for hydroxylation is 1. The zero-order valence-electron chi connectivity index (χ0n) is 18.4. The van der Waals surface area contributed by atoms with Crippen LogP contribution in [-0.4, -0.2) is 30.2 Å². The molecule has 1 N–H and O–H groups in total. The summed E-state index contributed by atoms with van der Waals surface area (Å²) in [5.74, 6) is -0.116. The maximum Gasteiger partial charge on any atom is 0.268 e. The second kappa shape index (κ2) is 10.2. The third-order valence-corrected chi connectivity index (χ3v) is 5.32. The lowest BCUT2D eigenvalue weighted by molar-refractivity contribution is -0.127. The monoisotopic (exact) mass is 422 g/mol. The van der Waals surface area contributed by atoms with Crippen LogP contribution in [0.2, 0.25) is 0 Å². The van der Waals surface area contributed by atoms with E-state index in [1.54, 1.807) is 25.1 Å². The Hall–Kier alpha value is -3.15. The fraction of sp³-hybridized carbons (Fsp3) is 0.400. The number of Topliss-reactive ketones (excluding diaryl/α,β-unsaturated/α-hetero) is 1. The number of benzene rings is 2. The Balaban J connectivity index is 1.75. The van der Waals surface area contributed by atoms with E-state index in [1.165, 1.54) is 10.5 Å². The summed E-state index contributed by atoms with van der Waals surface area (Å²) < 4.78 is 5.68. The summed E-state index contributed by atoms with van der Waals surface area (Å²) in [6.45, 7) is 5.60. The van der Waals surface area contributed by atoms with E-state index in [0.717, 1.165) is 25.7 Å². The van der Waals surface area contributed by atoms with Crippen molar-refractivity contribution in [1.29, 1.82) is 0 Å². The van der Waals surface area contributed by atoms with Crippen molar-refractivity contribution in [2.75, 3.05) is 16.8 Å². The number of carbonyl (C=O) groups excluding carboxylic acids is 3. The topological polar surface area (TPSA) is 75.7 Å². The second-order valence-corrected chi connectivity index (χ2v) is 7.89. The molecular weight excluding hydrogens is 392 g/mol. The Morgan fingerprint density at radius 3 is 2.48 bits per heavy atom. The third-order valence-electron chi connectivity index (χ3n) is 5.32. The number of nitrogens with zero attached hydrogens (tertiary/aromatic N) is 1. The van der Waals surface area contributed by atoms with Crippen molar-refractivity contribution >= 4 is 29.0 Å². The standard InChI is InChI=1S/C25H30N2O4/c1-4-6-8-18-9-12-20(13-10-18)26-24(29)16-27-21-15-19(22(28)7-5-2)11-14-23(21)31-17(3)25(27)30/h9-15,17H,4-8,16H2,1-3H3,(H,26,29). The molecule has 0 aromatic heterocycles. The van der Waals surface area contributed by atoms with Gasteiger partial charge in [0.25, 0.3) is 5.91 Å². The van der Waals surface area contributed by atoms with Gasteiger partial charge in [0, 0.05) is 17.7 Å². The number of ketones is 1. The molecule has 1 atom stereocenters. The molecule has 0 bridgehead atoms. The minimum absolute atomic E-state index is 0.00364. The number of fused-ring (bicyclic) bond motifs is 1. The molecular formula is C25H30N2O4. The van der Waals surface area contributed by atoms with Crippen molar-refractivity contribution in [2.24, 2.45) is 0 Å². The Labute approximate surface area is 183 Å². The summed E-state index contributed by atoms with van der Waals surface area (Å²) in [7, 11) is 0. The number of ether oxygens (including phenoxy) is 1. The van der Waals surface area contributed by atoms with Gasteiger partial charge >= 0.3 is 0 Å². The highest BCUT2D eigenvalue weighted by atomic mass is 16.5. The molecule has 2 aromatic rings. The van der Waals surface area contributed by atoms with E-state index in [9.17, 15) is 14.4 Å². The van der Waals surface area contributed by atoms with Crippen molar-refractivity contribution in [3.63, 3.8) is 0 Å². The molecule has 0 saturated heterocycles. The molecule has 1 heterocycles. The van der Waals surface area contributed by atoms with Crippen LogP contribution in [0.1, 0.15) is 62.4 Å². The average Bonchev–Trinajstić information content (AvgIpc) is 2.76. The molecule has 1 unspecified atom stereocenters. The van der Waals surface area contributed by atoms with Crippen LogP contribution in [0.5, 0.6) is 5.75 Å². The van der Waals surface area contributed by atoms with Crippen LogP contribution in [0.4, 0.5) is 11.4 Å². The maximum absolute atomic E-state index is 12.8. The summed E-state index contributed by atoms with van der Waals surface area (Å²) in [5, 5.41) is 2.86. The number of carbonyl (C=O) groups is 3. The predicted molar refractivity (Wildman–Crippen MR) is 122 cm³/mol. The summed E-state index contributed by atoms with van der Waals surface area (Å²) >= 11 is 0. The van der Waals surface area contributed by atoms with Crippen molar-refractivity contribution < 1.29 is 19.1 Å². The number of amides is 2. The first-order valence-electron chi connectivity index (χ1n) is 11.0. The van der Waals surface area contributed by atoms with Crippen LogP contribution >= 0.6 is 0 Å². The van der Waals surface area contributed by atoms with Gasteiger partial charge in [0.05, 0.1) is 5.69 Å². The molecule has 6 heteroatoms. The molecule has 0 fully saturated rings. The number of rotatable bonds is 9. The summed E-state index contributed by atoms with van der Waals surface area (Å²) in [6.07, 6.45) is 3.75. The molecule has 0 saturated carbocycles. The summed E-state index contributed by atoms with van der Waals surface area (Å²) in [5.41, 5.74) is 2.89. The van der Waals surface area contributed by atoms with E-state index < -0.39 is 6.10 Å². The van der Waals surface area contributed by atoms with E-state index >= 15 is 0 Å². The summed E-state index contributed by atoms with van der Waals surface area (Å²) in [4.78, 5) is 39.2. The Kier molecular flexibility index (Phi) is 7.45. The lowest BCUT2D eigenvalue weighted by atomic mass is 10.0. The van der Waals surface area contributed by atoms with E-state index in [0.29, 0.717) is 29.1 Å². The molecule has 0 aliphatic carbocycles. The van der Waals surface area contributed by atoms with Crippen molar-refractivity contribution in [1.82, 2.24) is 0 Å². The zero-order valence-corrected chi connectivity index (χ0v) is 18.4. The fourth-order valence-electron chi connectivity index (χ4n) is 3.59. The van der Waals surface area contributed by atoms with Gasteiger partial charge in [-0.2, -0.15) is 0 Å². The van der Waals surface area contributed by atoms with Gasteiger partial charge in [-0.05, 0) is 62.1 Å². The molecule has 1 aliphatic heterocycles. The number of hydrogen-bond donors (Lipinski definition) is 1. The lowest BCUT2D eigenvalue weighted by Crippen LogP contribution is -2.47. The SMILES string of the molecule is CCCCc1ccc(NC(=O)CN2C(=O)C(C)Oc3ccc(C(=O)CCC)cc32)cc1. The van der Waals surface area contributed by atoms with Gasteiger partial charge in [-0.15, -0.1) is 0 Å². The normalized spacial score (nSPS) is 15.3. The Bertz CT molecular complexity index is 952. The number of unbranched alkanes of at least 4 members (excludes halogenated alkanes) is 1. The van der Waals surface area contributed by atoms with Crippen LogP contribution in [0.25, 0.3) is 0 Å². The average molecular weight is 423 g/mol. The van der Waals surface area contributed by atoms with Gasteiger partial charge in [-0.3, -0.25) is 19.3 Å². The van der Waals surface area contributed by atoms with Crippen LogP contribution < -0.4 is 15.0 Å². The lowest BCUT2D eigenvalue weighted by Gasteiger charge is -2.32.